The highest BCUT2D eigenvalue weighted by Crippen LogP contribution is 2.25. The Morgan fingerprint density at radius 3 is 2.80 bits per heavy atom. The fraction of sp³-hybridized carbons (Fsp3) is 0.200. The van der Waals surface area contributed by atoms with E-state index in [0.29, 0.717) is 11.5 Å². The van der Waals surface area contributed by atoms with Gasteiger partial charge in [0, 0.05) is 29.7 Å². The Balaban J connectivity index is 1.92. The van der Waals surface area contributed by atoms with Gasteiger partial charge in [-0.25, -0.2) is 4.98 Å². The average molecular weight is 355 g/mol. The topological polar surface area (TPSA) is 108 Å². The van der Waals surface area contributed by atoms with Crippen molar-refractivity contribution in [3.05, 3.63) is 47.9 Å². The predicted molar refractivity (Wildman–Crippen MR) is 85.7 cm³/mol. The van der Waals surface area contributed by atoms with Crippen molar-refractivity contribution in [2.24, 2.45) is 5.73 Å². The molecule has 0 aliphatic carbocycles. The average Bonchev–Trinajstić information content (AvgIpc) is 2.53. The zero-order chi connectivity index (χ0) is 18.4. The van der Waals surface area contributed by atoms with Gasteiger partial charge in [-0.3, -0.25) is 0 Å². The summed E-state index contributed by atoms with van der Waals surface area (Å²) in [5.74, 6) is -0.0450. The zero-order valence-electron chi connectivity index (χ0n) is 13.2. The van der Waals surface area contributed by atoms with Crippen molar-refractivity contribution in [1.82, 2.24) is 9.97 Å². The van der Waals surface area contributed by atoms with Gasteiger partial charge < -0.3 is 26.3 Å². The van der Waals surface area contributed by atoms with Gasteiger partial charge in [-0.15, -0.1) is 13.2 Å². The summed E-state index contributed by atoms with van der Waals surface area (Å²) in [7, 11) is 0. The second kappa shape index (κ2) is 7.60. The first-order valence-electron chi connectivity index (χ1n) is 7.02. The third-order valence-electron chi connectivity index (χ3n) is 2.85. The molecule has 134 valence electrons. The molecule has 0 radical (unpaired) electrons. The Hall–Kier alpha value is -3.17. The number of nitrogens with two attached hydrogens (primary N) is 2. The number of halogens is 3. The lowest BCUT2D eigenvalue weighted by Crippen LogP contribution is -2.17. The van der Waals surface area contributed by atoms with Crippen LogP contribution in [0.15, 0.2) is 42.4 Å². The van der Waals surface area contributed by atoms with Crippen molar-refractivity contribution < 1.29 is 22.6 Å². The first-order valence-corrected chi connectivity index (χ1v) is 7.02. The molecule has 5 N–H and O–H groups in total. The van der Waals surface area contributed by atoms with E-state index in [1.54, 1.807) is 13.0 Å². The Morgan fingerprint density at radius 1 is 1.36 bits per heavy atom. The van der Waals surface area contributed by atoms with Crippen LogP contribution < -0.4 is 26.3 Å². The summed E-state index contributed by atoms with van der Waals surface area (Å²) in [6, 6.07) is 5.40. The highest BCUT2D eigenvalue weighted by Gasteiger charge is 2.31. The Bertz CT molecular complexity index is 765. The second-order valence-corrected chi connectivity index (χ2v) is 4.95. The fourth-order valence-electron chi connectivity index (χ4n) is 1.66. The molecule has 10 heteroatoms. The Labute approximate surface area is 141 Å². The molecule has 0 unspecified atom stereocenters. The lowest BCUT2D eigenvalue weighted by atomic mass is 10.3. The van der Waals surface area contributed by atoms with E-state index in [-0.39, 0.29) is 24.1 Å². The number of nitrogen functional groups attached to an aromatic ring is 1. The molecule has 7 nitrogen and oxygen atoms in total. The number of nitrogens with zero attached hydrogens (tertiary/aromatic N) is 2. The number of hydrogen-bond acceptors (Lipinski definition) is 7. The minimum absolute atomic E-state index is 0.0335. The molecule has 0 spiro atoms. The molecule has 2 rings (SSSR count). The van der Waals surface area contributed by atoms with Gasteiger partial charge in [0.1, 0.15) is 18.2 Å². The molecule has 0 atom stereocenters. The Kier molecular flexibility index (Phi) is 5.52. The van der Waals surface area contributed by atoms with Crippen LogP contribution in [0, 0.1) is 6.92 Å². The van der Waals surface area contributed by atoms with Gasteiger partial charge in [0.25, 0.3) is 0 Å². The molecule has 0 aliphatic heterocycles. The van der Waals surface area contributed by atoms with E-state index in [1.165, 1.54) is 30.6 Å². The third kappa shape index (κ3) is 6.09. The molecule has 0 bridgehead atoms. The van der Waals surface area contributed by atoms with Crippen molar-refractivity contribution in [2.75, 3.05) is 17.7 Å². The van der Waals surface area contributed by atoms with Crippen LogP contribution in [0.1, 0.15) is 5.56 Å². The van der Waals surface area contributed by atoms with E-state index in [9.17, 15) is 13.2 Å². The number of aryl methyl sites for hydroxylation is 1. The molecule has 1 heterocycles. The molecule has 25 heavy (non-hydrogen) atoms. The highest BCUT2D eigenvalue weighted by molar-refractivity contribution is 5.50. The molecule has 1 aromatic heterocycles. The summed E-state index contributed by atoms with van der Waals surface area (Å²) in [5.41, 5.74) is 12.7. The van der Waals surface area contributed by atoms with Crippen LogP contribution in [0.4, 0.5) is 24.7 Å². The molecule has 0 amide bonds. The third-order valence-corrected chi connectivity index (χ3v) is 2.85. The Morgan fingerprint density at radius 2 is 2.12 bits per heavy atom. The van der Waals surface area contributed by atoms with Crippen LogP contribution in [0.2, 0.25) is 0 Å². The summed E-state index contributed by atoms with van der Waals surface area (Å²) >= 11 is 0. The van der Waals surface area contributed by atoms with Crippen LogP contribution in [0.3, 0.4) is 0 Å². The van der Waals surface area contributed by atoms with Crippen LogP contribution in [0.25, 0.3) is 0 Å². The van der Waals surface area contributed by atoms with Gasteiger partial charge in [-0.1, -0.05) is 6.07 Å². The monoisotopic (exact) mass is 355 g/mol. The van der Waals surface area contributed by atoms with E-state index in [0.717, 1.165) is 5.56 Å². The molecule has 1 aromatic carbocycles. The number of nitrogens with one attached hydrogen (secondary N) is 1. The van der Waals surface area contributed by atoms with Crippen molar-refractivity contribution in [1.29, 1.82) is 0 Å². The number of alkyl halides is 3. The minimum atomic E-state index is -4.75. The van der Waals surface area contributed by atoms with Crippen LogP contribution in [0.5, 0.6) is 11.8 Å². The number of benzene rings is 1. The van der Waals surface area contributed by atoms with E-state index in [1.807, 2.05) is 0 Å². The fourth-order valence-corrected chi connectivity index (χ4v) is 1.66. The van der Waals surface area contributed by atoms with Crippen LogP contribution in [-0.2, 0) is 0 Å². The van der Waals surface area contributed by atoms with Gasteiger partial charge >= 0.3 is 12.4 Å². The van der Waals surface area contributed by atoms with E-state index >= 15 is 0 Å². The summed E-state index contributed by atoms with van der Waals surface area (Å²) in [6.45, 7) is 1.72. The van der Waals surface area contributed by atoms with Crippen LogP contribution >= 0.6 is 0 Å². The van der Waals surface area contributed by atoms with Gasteiger partial charge in [-0.05, 0) is 19.1 Å². The van der Waals surface area contributed by atoms with E-state index in [4.69, 9.17) is 16.2 Å². The predicted octanol–water partition coefficient (Wildman–Crippen LogP) is 2.56. The maximum absolute atomic E-state index is 12.2. The van der Waals surface area contributed by atoms with Crippen molar-refractivity contribution in [2.45, 2.75) is 13.3 Å². The number of anilines is 2. The number of rotatable bonds is 6. The molecular weight excluding hydrogens is 339 g/mol. The van der Waals surface area contributed by atoms with Crippen molar-refractivity contribution in [3.63, 3.8) is 0 Å². The quantitative estimate of drug-likeness (QED) is 0.731. The normalized spacial score (nSPS) is 11.9. The van der Waals surface area contributed by atoms with Crippen molar-refractivity contribution in [3.8, 4) is 11.8 Å². The van der Waals surface area contributed by atoms with Gasteiger partial charge in [0.2, 0.25) is 0 Å². The maximum Gasteiger partial charge on any atom is 0.573 e. The second-order valence-electron chi connectivity index (χ2n) is 4.95. The first-order chi connectivity index (χ1) is 11.7. The largest absolute Gasteiger partial charge is 0.573 e. The number of ether oxygens (including phenoxy) is 2. The molecule has 0 saturated carbocycles. The van der Waals surface area contributed by atoms with Crippen LogP contribution in [-0.4, -0.2) is 22.9 Å². The van der Waals surface area contributed by atoms with Crippen molar-refractivity contribution >= 4 is 11.5 Å². The molecule has 2 aromatic rings. The van der Waals surface area contributed by atoms with Gasteiger partial charge in [0.05, 0.1) is 5.70 Å². The molecule has 0 fully saturated rings. The van der Waals surface area contributed by atoms with E-state index < -0.39 is 6.36 Å². The maximum atomic E-state index is 12.2. The molecule has 0 saturated heterocycles. The summed E-state index contributed by atoms with van der Waals surface area (Å²) < 4.78 is 45.7. The summed E-state index contributed by atoms with van der Waals surface area (Å²) in [4.78, 5) is 7.86. The SMILES string of the molecule is Cc1cnc(OC/C(N)=C/Nc2cccc(OC(F)(F)F)c2)nc1N. The number of aromatic nitrogens is 2. The molecular formula is C15H16F3N5O2. The lowest BCUT2D eigenvalue weighted by Gasteiger charge is -2.10. The van der Waals surface area contributed by atoms with Gasteiger partial charge in [-0.2, -0.15) is 4.98 Å². The summed E-state index contributed by atoms with van der Waals surface area (Å²) in [6.07, 6.45) is -1.86. The minimum Gasteiger partial charge on any atom is -0.457 e. The summed E-state index contributed by atoms with van der Waals surface area (Å²) in [5, 5.41) is 2.75. The van der Waals surface area contributed by atoms with E-state index in [2.05, 4.69) is 20.0 Å². The number of hydrogen-bond donors (Lipinski definition) is 3. The highest BCUT2D eigenvalue weighted by atomic mass is 19.4. The van der Waals surface area contributed by atoms with Gasteiger partial charge in [0.15, 0.2) is 0 Å². The standard InChI is InChI=1S/C15H16F3N5O2/c1-9-6-22-14(23-13(9)20)24-8-10(19)7-21-11-3-2-4-12(5-11)25-15(16,17)18/h2-7,21H,8,19H2,1H3,(H2,20,22,23)/b10-7-. The smallest absolute Gasteiger partial charge is 0.457 e. The zero-order valence-corrected chi connectivity index (χ0v) is 13.2. The first kappa shape index (κ1) is 18.2. The lowest BCUT2D eigenvalue weighted by molar-refractivity contribution is -0.274. The molecule has 0 aliphatic rings.